The topological polar surface area (TPSA) is 46.3 Å². The number of hydrogen-bond acceptors (Lipinski definition) is 3. The van der Waals surface area contributed by atoms with Crippen LogP contribution in [0.4, 0.5) is 0 Å². The first-order valence-electron chi connectivity index (χ1n) is 6.98. The highest BCUT2D eigenvalue weighted by atomic mass is 32.1. The zero-order valence-corrected chi connectivity index (χ0v) is 13.1. The van der Waals surface area contributed by atoms with E-state index in [1.54, 1.807) is 11.3 Å². The van der Waals surface area contributed by atoms with Gasteiger partial charge in [-0.2, -0.15) is 0 Å². The van der Waals surface area contributed by atoms with Gasteiger partial charge in [-0.15, -0.1) is 11.3 Å². The van der Waals surface area contributed by atoms with E-state index >= 15 is 0 Å². The van der Waals surface area contributed by atoms with Crippen molar-refractivity contribution in [3.63, 3.8) is 0 Å². The number of nitrogens with zero attached hydrogens (tertiary/aromatic N) is 1. The smallest absolute Gasteiger partial charge is 0.240 e. The van der Waals surface area contributed by atoms with Crippen LogP contribution in [0.1, 0.15) is 50.6 Å². The minimum Gasteiger partial charge on any atom is -0.334 e. The lowest BCUT2D eigenvalue weighted by atomic mass is 9.85. The van der Waals surface area contributed by atoms with E-state index in [0.29, 0.717) is 0 Å². The van der Waals surface area contributed by atoms with Gasteiger partial charge in [0.15, 0.2) is 0 Å². The van der Waals surface area contributed by atoms with Gasteiger partial charge < -0.3 is 10.6 Å². The van der Waals surface area contributed by atoms with Gasteiger partial charge in [0.2, 0.25) is 5.91 Å². The molecule has 106 valence electrons. The Balaban J connectivity index is 2.24. The largest absolute Gasteiger partial charge is 0.334 e. The van der Waals surface area contributed by atoms with Gasteiger partial charge in [-0.05, 0) is 35.3 Å². The number of carbonyl (C=O) groups excluding carboxylic acids is 1. The second kappa shape index (κ2) is 5.25. The molecule has 3 nitrogen and oxygen atoms in total. The predicted molar refractivity (Wildman–Crippen MR) is 80.2 cm³/mol. The van der Waals surface area contributed by atoms with Crippen LogP contribution >= 0.6 is 11.3 Å². The van der Waals surface area contributed by atoms with Crippen LogP contribution in [0, 0.1) is 5.41 Å². The summed E-state index contributed by atoms with van der Waals surface area (Å²) in [6, 6.07) is 1.94. The molecule has 2 rings (SSSR count). The van der Waals surface area contributed by atoms with Crippen molar-refractivity contribution in [2.45, 2.75) is 52.6 Å². The molecule has 0 radical (unpaired) electrons. The maximum absolute atomic E-state index is 12.7. The first kappa shape index (κ1) is 14.5. The van der Waals surface area contributed by atoms with Crippen LogP contribution < -0.4 is 5.73 Å². The Kier molecular flexibility index (Phi) is 4.02. The van der Waals surface area contributed by atoms with Crippen LogP contribution in [0.2, 0.25) is 0 Å². The SMILES string of the molecule is CCC1c2ccsc2CCN1C(=O)[C@@H](N)C(C)(C)C. The van der Waals surface area contributed by atoms with E-state index in [0.717, 1.165) is 19.4 Å². The van der Waals surface area contributed by atoms with Crippen LogP contribution in [0.5, 0.6) is 0 Å². The number of thiophene rings is 1. The number of rotatable bonds is 2. The number of amides is 1. The van der Waals surface area contributed by atoms with Crippen LogP contribution in [0.3, 0.4) is 0 Å². The molecule has 1 aromatic rings. The lowest BCUT2D eigenvalue weighted by Gasteiger charge is -2.39. The molecule has 0 saturated heterocycles. The Morgan fingerprint density at radius 3 is 2.84 bits per heavy atom. The fourth-order valence-electron chi connectivity index (χ4n) is 2.65. The van der Waals surface area contributed by atoms with Gasteiger partial charge >= 0.3 is 0 Å². The molecule has 0 bridgehead atoms. The van der Waals surface area contributed by atoms with Crippen molar-refractivity contribution in [1.29, 1.82) is 0 Å². The summed E-state index contributed by atoms with van der Waals surface area (Å²) in [5, 5.41) is 2.13. The fourth-order valence-corrected chi connectivity index (χ4v) is 3.58. The van der Waals surface area contributed by atoms with Crippen molar-refractivity contribution in [3.05, 3.63) is 21.9 Å². The first-order chi connectivity index (χ1) is 8.86. The number of nitrogens with two attached hydrogens (primary N) is 1. The Labute approximate surface area is 119 Å². The summed E-state index contributed by atoms with van der Waals surface area (Å²) in [5.74, 6) is 0.0937. The molecule has 0 saturated carbocycles. The molecule has 1 aliphatic heterocycles. The quantitative estimate of drug-likeness (QED) is 0.905. The molecule has 19 heavy (non-hydrogen) atoms. The van der Waals surface area contributed by atoms with E-state index in [2.05, 4.69) is 18.4 Å². The molecule has 0 fully saturated rings. The van der Waals surface area contributed by atoms with Crippen molar-refractivity contribution >= 4 is 17.2 Å². The molecule has 0 aliphatic carbocycles. The normalized spacial score (nSPS) is 21.1. The average Bonchev–Trinajstić information content (AvgIpc) is 2.82. The van der Waals surface area contributed by atoms with Crippen LogP contribution in [0.25, 0.3) is 0 Å². The zero-order valence-electron chi connectivity index (χ0n) is 12.3. The van der Waals surface area contributed by atoms with Crippen molar-refractivity contribution in [1.82, 2.24) is 4.90 Å². The summed E-state index contributed by atoms with van der Waals surface area (Å²) in [6.07, 6.45) is 1.92. The minimum atomic E-state index is -0.429. The predicted octanol–water partition coefficient (Wildman–Crippen LogP) is 2.96. The van der Waals surface area contributed by atoms with Gasteiger partial charge in [-0.25, -0.2) is 0 Å². The van der Waals surface area contributed by atoms with Crippen LogP contribution in [0.15, 0.2) is 11.4 Å². The third-order valence-corrected chi connectivity index (χ3v) is 4.96. The van der Waals surface area contributed by atoms with Crippen LogP contribution in [-0.4, -0.2) is 23.4 Å². The number of carbonyl (C=O) groups is 1. The summed E-state index contributed by atoms with van der Waals surface area (Å²) in [5.41, 5.74) is 7.29. The highest BCUT2D eigenvalue weighted by molar-refractivity contribution is 7.10. The maximum Gasteiger partial charge on any atom is 0.240 e. The van der Waals surface area contributed by atoms with Gasteiger partial charge in [-0.1, -0.05) is 27.7 Å². The third kappa shape index (κ3) is 2.70. The molecule has 1 unspecified atom stereocenters. The molecule has 1 aromatic heterocycles. The highest BCUT2D eigenvalue weighted by Gasteiger charge is 2.36. The van der Waals surface area contributed by atoms with E-state index in [-0.39, 0.29) is 17.4 Å². The maximum atomic E-state index is 12.7. The standard InChI is InChI=1S/C15H24N2OS/c1-5-11-10-7-9-19-12(10)6-8-17(11)14(18)13(16)15(2,3)4/h7,9,11,13H,5-6,8,16H2,1-4H3/t11?,13-/m1/s1. The van der Waals surface area contributed by atoms with E-state index < -0.39 is 6.04 Å². The van der Waals surface area contributed by atoms with E-state index in [1.165, 1.54) is 10.4 Å². The van der Waals surface area contributed by atoms with E-state index in [1.807, 2.05) is 25.7 Å². The monoisotopic (exact) mass is 280 g/mol. The molecule has 0 aromatic carbocycles. The molecule has 2 N–H and O–H groups in total. The average molecular weight is 280 g/mol. The number of hydrogen-bond donors (Lipinski definition) is 1. The van der Waals surface area contributed by atoms with Crippen molar-refractivity contribution in [3.8, 4) is 0 Å². The summed E-state index contributed by atoms with van der Waals surface area (Å²) < 4.78 is 0. The second-order valence-corrected chi connectivity index (χ2v) is 7.35. The van der Waals surface area contributed by atoms with Gasteiger partial charge in [0, 0.05) is 11.4 Å². The van der Waals surface area contributed by atoms with Gasteiger partial charge in [0.25, 0.3) is 0 Å². The molecule has 2 heterocycles. The summed E-state index contributed by atoms with van der Waals surface area (Å²) in [7, 11) is 0. The Hall–Kier alpha value is -0.870. The molecule has 2 atom stereocenters. The third-order valence-electron chi connectivity index (χ3n) is 3.96. The van der Waals surface area contributed by atoms with Crippen molar-refractivity contribution < 1.29 is 4.79 Å². The molecular formula is C15H24N2OS. The van der Waals surface area contributed by atoms with E-state index in [9.17, 15) is 4.79 Å². The summed E-state index contributed by atoms with van der Waals surface area (Å²) in [6.45, 7) is 9.01. The summed E-state index contributed by atoms with van der Waals surface area (Å²) >= 11 is 1.80. The van der Waals surface area contributed by atoms with Gasteiger partial charge in [-0.3, -0.25) is 4.79 Å². The first-order valence-corrected chi connectivity index (χ1v) is 7.86. The molecule has 1 amide bonds. The minimum absolute atomic E-state index is 0.0937. The van der Waals surface area contributed by atoms with Crippen LogP contribution in [-0.2, 0) is 11.2 Å². The molecule has 1 aliphatic rings. The Bertz CT molecular complexity index is 461. The molecule has 4 heteroatoms. The van der Waals surface area contributed by atoms with E-state index in [4.69, 9.17) is 5.73 Å². The summed E-state index contributed by atoms with van der Waals surface area (Å²) in [4.78, 5) is 16.1. The van der Waals surface area contributed by atoms with Crippen molar-refractivity contribution in [2.24, 2.45) is 11.1 Å². The highest BCUT2D eigenvalue weighted by Crippen LogP contribution is 2.36. The lowest BCUT2D eigenvalue weighted by molar-refractivity contribution is -0.138. The van der Waals surface area contributed by atoms with Gasteiger partial charge in [0.1, 0.15) is 0 Å². The number of fused-ring (bicyclic) bond motifs is 1. The molecular weight excluding hydrogens is 256 g/mol. The Morgan fingerprint density at radius 1 is 1.58 bits per heavy atom. The lowest BCUT2D eigenvalue weighted by Crippen LogP contribution is -2.52. The fraction of sp³-hybridized carbons (Fsp3) is 0.667. The molecule has 0 spiro atoms. The Morgan fingerprint density at radius 2 is 2.26 bits per heavy atom. The zero-order chi connectivity index (χ0) is 14.2. The van der Waals surface area contributed by atoms with Gasteiger partial charge in [0.05, 0.1) is 12.1 Å². The second-order valence-electron chi connectivity index (χ2n) is 6.35. The van der Waals surface area contributed by atoms with Crippen molar-refractivity contribution in [2.75, 3.05) is 6.54 Å².